The van der Waals surface area contributed by atoms with Gasteiger partial charge in [-0.05, 0) is 31.4 Å². The topological polar surface area (TPSA) is 69.9 Å². The zero-order valence-electron chi connectivity index (χ0n) is 8.48. The van der Waals surface area contributed by atoms with Crippen LogP contribution < -0.4 is 11.5 Å². The summed E-state index contributed by atoms with van der Waals surface area (Å²) < 4.78 is 2.09. The predicted octanol–water partition coefficient (Wildman–Crippen LogP) is 1.93. The Bertz CT molecular complexity index is 511. The average Bonchev–Trinajstić information content (AvgIpc) is 2.42. The van der Waals surface area contributed by atoms with E-state index in [1.165, 1.54) is 19.3 Å². The van der Waals surface area contributed by atoms with Crippen LogP contribution >= 0.6 is 0 Å². The van der Waals surface area contributed by atoms with Crippen molar-refractivity contribution in [3.8, 4) is 0 Å². The minimum Gasteiger partial charge on any atom is -0.397 e. The molecule has 3 rings (SSSR count). The van der Waals surface area contributed by atoms with Gasteiger partial charge in [-0.3, -0.25) is 0 Å². The molecule has 0 aliphatic heterocycles. The molecule has 4 heteroatoms. The van der Waals surface area contributed by atoms with Crippen molar-refractivity contribution in [1.29, 1.82) is 0 Å². The minimum absolute atomic E-state index is 0.500. The molecule has 2 aromatic rings. The fourth-order valence-electron chi connectivity index (χ4n) is 2.21. The van der Waals surface area contributed by atoms with Gasteiger partial charge in [0.15, 0.2) is 0 Å². The highest BCUT2D eigenvalue weighted by Crippen LogP contribution is 2.37. The number of imidazole rings is 1. The van der Waals surface area contributed by atoms with Gasteiger partial charge in [0.25, 0.3) is 0 Å². The quantitative estimate of drug-likeness (QED) is 0.694. The average molecular weight is 202 g/mol. The Balaban J connectivity index is 2.30. The van der Waals surface area contributed by atoms with E-state index in [-0.39, 0.29) is 0 Å². The summed E-state index contributed by atoms with van der Waals surface area (Å²) >= 11 is 0. The number of rotatable bonds is 1. The van der Waals surface area contributed by atoms with Crippen LogP contribution in [0.3, 0.4) is 0 Å². The van der Waals surface area contributed by atoms with Crippen LogP contribution in [0.1, 0.15) is 25.3 Å². The number of nitrogens with zero attached hydrogens (tertiary/aromatic N) is 2. The van der Waals surface area contributed by atoms with E-state index >= 15 is 0 Å². The molecule has 1 saturated carbocycles. The van der Waals surface area contributed by atoms with Gasteiger partial charge in [0.1, 0.15) is 0 Å². The van der Waals surface area contributed by atoms with Gasteiger partial charge in [-0.15, -0.1) is 0 Å². The molecule has 0 unspecified atom stereocenters. The van der Waals surface area contributed by atoms with Gasteiger partial charge in [-0.25, -0.2) is 4.98 Å². The van der Waals surface area contributed by atoms with Crippen molar-refractivity contribution in [2.45, 2.75) is 25.3 Å². The summed E-state index contributed by atoms with van der Waals surface area (Å²) in [6.07, 6.45) is 3.64. The lowest BCUT2D eigenvalue weighted by Crippen LogP contribution is -2.19. The Morgan fingerprint density at radius 1 is 1.27 bits per heavy atom. The molecule has 0 amide bonds. The van der Waals surface area contributed by atoms with Crippen LogP contribution in [0.25, 0.3) is 11.0 Å². The summed E-state index contributed by atoms with van der Waals surface area (Å²) in [4.78, 5) is 4.34. The van der Waals surface area contributed by atoms with Crippen LogP contribution in [0, 0.1) is 0 Å². The molecule has 15 heavy (non-hydrogen) atoms. The second-order valence-corrected chi connectivity index (χ2v) is 4.14. The summed E-state index contributed by atoms with van der Waals surface area (Å²) in [5, 5.41) is 0. The number of aromatic nitrogens is 2. The van der Waals surface area contributed by atoms with Gasteiger partial charge in [-0.1, -0.05) is 6.07 Å². The molecule has 0 bridgehead atoms. The molecule has 1 aliphatic carbocycles. The summed E-state index contributed by atoms with van der Waals surface area (Å²) in [5.41, 5.74) is 14.6. The van der Waals surface area contributed by atoms with Crippen molar-refractivity contribution in [1.82, 2.24) is 9.55 Å². The smallest absolute Gasteiger partial charge is 0.201 e. The van der Waals surface area contributed by atoms with Gasteiger partial charge in [0.2, 0.25) is 5.95 Å². The molecule has 1 fully saturated rings. The normalized spacial score (nSPS) is 16.8. The lowest BCUT2D eigenvalue weighted by Gasteiger charge is -2.28. The number of para-hydroxylation sites is 1. The number of hydrogen-bond acceptors (Lipinski definition) is 3. The Morgan fingerprint density at radius 2 is 2.07 bits per heavy atom. The van der Waals surface area contributed by atoms with E-state index in [1.54, 1.807) is 0 Å². The van der Waals surface area contributed by atoms with Crippen molar-refractivity contribution in [3.05, 3.63) is 18.2 Å². The van der Waals surface area contributed by atoms with Crippen molar-refractivity contribution in [3.63, 3.8) is 0 Å². The fourth-order valence-corrected chi connectivity index (χ4v) is 2.21. The molecule has 1 aromatic heterocycles. The maximum atomic E-state index is 5.97. The van der Waals surface area contributed by atoms with Crippen molar-refractivity contribution >= 4 is 22.7 Å². The summed E-state index contributed by atoms with van der Waals surface area (Å²) in [6.45, 7) is 0. The highest BCUT2D eigenvalue weighted by atomic mass is 15.2. The number of hydrogen-bond donors (Lipinski definition) is 2. The van der Waals surface area contributed by atoms with Crippen LogP contribution in [0.15, 0.2) is 18.2 Å². The largest absolute Gasteiger partial charge is 0.397 e. The van der Waals surface area contributed by atoms with Crippen LogP contribution in [-0.4, -0.2) is 9.55 Å². The highest BCUT2D eigenvalue weighted by Gasteiger charge is 2.24. The van der Waals surface area contributed by atoms with Gasteiger partial charge in [0.05, 0.1) is 16.7 Å². The summed E-state index contributed by atoms with van der Waals surface area (Å²) in [7, 11) is 0. The Hall–Kier alpha value is -1.71. The number of benzene rings is 1. The lowest BCUT2D eigenvalue weighted by molar-refractivity contribution is 0.324. The molecule has 0 radical (unpaired) electrons. The van der Waals surface area contributed by atoms with Gasteiger partial charge in [-0.2, -0.15) is 0 Å². The van der Waals surface area contributed by atoms with E-state index in [0.29, 0.717) is 12.0 Å². The Kier molecular flexibility index (Phi) is 1.65. The van der Waals surface area contributed by atoms with Crippen molar-refractivity contribution in [2.24, 2.45) is 0 Å². The first kappa shape index (κ1) is 8.59. The van der Waals surface area contributed by atoms with Gasteiger partial charge >= 0.3 is 0 Å². The number of fused-ring (bicyclic) bond motifs is 1. The van der Waals surface area contributed by atoms with E-state index in [1.807, 2.05) is 18.2 Å². The third kappa shape index (κ3) is 1.11. The zero-order chi connectivity index (χ0) is 10.4. The Morgan fingerprint density at radius 3 is 2.73 bits per heavy atom. The molecular weight excluding hydrogens is 188 g/mol. The third-order valence-electron chi connectivity index (χ3n) is 3.21. The molecule has 0 saturated heterocycles. The van der Waals surface area contributed by atoms with Crippen LogP contribution in [-0.2, 0) is 0 Å². The first-order chi connectivity index (χ1) is 7.27. The monoisotopic (exact) mass is 202 g/mol. The molecular formula is C11H14N4. The standard InChI is InChI=1S/C11H14N4/c12-8-5-2-6-9-10(8)15(11(13)14-9)7-3-1-4-7/h2,5-7H,1,3-4,12H2,(H2,13,14). The SMILES string of the molecule is Nc1cccc2nc(N)n(C3CCC3)c12. The molecule has 1 aromatic carbocycles. The lowest BCUT2D eigenvalue weighted by atomic mass is 9.92. The number of nitrogen functional groups attached to an aromatic ring is 2. The third-order valence-corrected chi connectivity index (χ3v) is 3.21. The molecule has 4 N–H and O–H groups in total. The number of anilines is 2. The maximum absolute atomic E-state index is 5.97. The second kappa shape index (κ2) is 2.89. The predicted molar refractivity (Wildman–Crippen MR) is 61.4 cm³/mol. The fraction of sp³-hybridized carbons (Fsp3) is 0.364. The van der Waals surface area contributed by atoms with E-state index in [2.05, 4.69) is 9.55 Å². The highest BCUT2D eigenvalue weighted by molar-refractivity contribution is 5.89. The van der Waals surface area contributed by atoms with Crippen LogP contribution in [0.5, 0.6) is 0 Å². The van der Waals surface area contributed by atoms with Crippen LogP contribution in [0.2, 0.25) is 0 Å². The van der Waals surface area contributed by atoms with Crippen molar-refractivity contribution < 1.29 is 0 Å². The van der Waals surface area contributed by atoms with Gasteiger partial charge in [0, 0.05) is 6.04 Å². The molecule has 1 aliphatic rings. The number of nitrogens with two attached hydrogens (primary N) is 2. The summed E-state index contributed by atoms with van der Waals surface area (Å²) in [6, 6.07) is 6.27. The molecule has 0 atom stereocenters. The van der Waals surface area contributed by atoms with E-state index in [0.717, 1.165) is 16.7 Å². The van der Waals surface area contributed by atoms with Crippen LogP contribution in [0.4, 0.5) is 11.6 Å². The van der Waals surface area contributed by atoms with E-state index < -0.39 is 0 Å². The first-order valence-electron chi connectivity index (χ1n) is 5.29. The molecule has 78 valence electrons. The minimum atomic E-state index is 0.500. The maximum Gasteiger partial charge on any atom is 0.201 e. The Labute approximate surface area is 87.9 Å². The molecule has 1 heterocycles. The van der Waals surface area contributed by atoms with E-state index in [4.69, 9.17) is 11.5 Å². The molecule has 4 nitrogen and oxygen atoms in total. The van der Waals surface area contributed by atoms with Gasteiger partial charge < -0.3 is 16.0 Å². The summed E-state index contributed by atoms with van der Waals surface area (Å²) in [5.74, 6) is 0.590. The zero-order valence-corrected chi connectivity index (χ0v) is 8.48. The van der Waals surface area contributed by atoms with E-state index in [9.17, 15) is 0 Å². The second-order valence-electron chi connectivity index (χ2n) is 4.14. The van der Waals surface area contributed by atoms with Crippen molar-refractivity contribution in [2.75, 3.05) is 11.5 Å². The first-order valence-corrected chi connectivity index (χ1v) is 5.29. The molecule has 0 spiro atoms.